The van der Waals surface area contributed by atoms with Gasteiger partial charge in [-0.3, -0.25) is 9.78 Å². The van der Waals surface area contributed by atoms with Gasteiger partial charge in [0.05, 0.1) is 5.56 Å². The highest BCUT2D eigenvalue weighted by atomic mass is 35.5. The van der Waals surface area contributed by atoms with Gasteiger partial charge in [0.15, 0.2) is 0 Å². The van der Waals surface area contributed by atoms with Crippen molar-refractivity contribution in [3.05, 3.63) is 40.4 Å². The quantitative estimate of drug-likeness (QED) is 0.761. The first-order valence-electron chi connectivity index (χ1n) is 3.90. The molecule has 0 bridgehead atoms. The SMILES string of the molecule is Cl.O=C(O)c1c[nH]c(=O)c2ncccc12. The van der Waals surface area contributed by atoms with Crippen molar-refractivity contribution in [3.63, 3.8) is 0 Å². The Morgan fingerprint density at radius 3 is 2.87 bits per heavy atom. The lowest BCUT2D eigenvalue weighted by atomic mass is 10.1. The van der Waals surface area contributed by atoms with Gasteiger partial charge in [0.2, 0.25) is 0 Å². The Bertz CT molecular complexity index is 565. The van der Waals surface area contributed by atoms with Gasteiger partial charge in [0.1, 0.15) is 5.52 Å². The number of hydrogen-bond acceptors (Lipinski definition) is 3. The van der Waals surface area contributed by atoms with Crippen LogP contribution in [0.25, 0.3) is 10.9 Å². The zero-order valence-electron chi connectivity index (χ0n) is 7.43. The van der Waals surface area contributed by atoms with Gasteiger partial charge < -0.3 is 10.1 Å². The van der Waals surface area contributed by atoms with Crippen molar-refractivity contribution < 1.29 is 9.90 Å². The van der Waals surface area contributed by atoms with E-state index in [2.05, 4.69) is 9.97 Å². The average Bonchev–Trinajstić information content (AvgIpc) is 2.18. The van der Waals surface area contributed by atoms with Crippen LogP contribution in [0.4, 0.5) is 0 Å². The summed E-state index contributed by atoms with van der Waals surface area (Å²) in [5, 5.41) is 9.17. The molecule has 0 amide bonds. The standard InChI is InChI=1S/C9H6N2O3.ClH/c12-8-7-5(2-1-3-10-7)6(4-11-8)9(13)14;/h1-4H,(H,11,12)(H,13,14);1H. The van der Waals surface area contributed by atoms with E-state index in [0.29, 0.717) is 5.39 Å². The van der Waals surface area contributed by atoms with E-state index in [1.807, 2.05) is 0 Å². The van der Waals surface area contributed by atoms with Gasteiger partial charge in [0, 0.05) is 17.8 Å². The fraction of sp³-hybridized carbons (Fsp3) is 0. The van der Waals surface area contributed by atoms with Crippen LogP contribution in [-0.2, 0) is 0 Å². The summed E-state index contributed by atoms with van der Waals surface area (Å²) >= 11 is 0. The maximum atomic E-state index is 11.2. The van der Waals surface area contributed by atoms with Gasteiger partial charge in [-0.25, -0.2) is 4.79 Å². The van der Waals surface area contributed by atoms with Crippen LogP contribution in [0.5, 0.6) is 0 Å². The van der Waals surface area contributed by atoms with E-state index in [0.717, 1.165) is 0 Å². The van der Waals surface area contributed by atoms with E-state index in [-0.39, 0.29) is 29.0 Å². The van der Waals surface area contributed by atoms with Gasteiger partial charge in [-0.15, -0.1) is 12.4 Å². The summed E-state index contributed by atoms with van der Waals surface area (Å²) in [6, 6.07) is 3.15. The summed E-state index contributed by atoms with van der Waals surface area (Å²) in [7, 11) is 0. The molecule has 2 N–H and O–H groups in total. The van der Waals surface area contributed by atoms with Crippen molar-refractivity contribution in [2.75, 3.05) is 0 Å². The van der Waals surface area contributed by atoms with E-state index in [4.69, 9.17) is 5.11 Å². The van der Waals surface area contributed by atoms with E-state index >= 15 is 0 Å². The average molecular weight is 227 g/mol. The molecule has 0 aromatic carbocycles. The van der Waals surface area contributed by atoms with Crippen molar-refractivity contribution in [1.82, 2.24) is 9.97 Å². The smallest absolute Gasteiger partial charge is 0.337 e. The number of hydrogen-bond donors (Lipinski definition) is 2. The van der Waals surface area contributed by atoms with Gasteiger partial charge in [-0.05, 0) is 6.07 Å². The molecule has 0 unspecified atom stereocenters. The van der Waals surface area contributed by atoms with E-state index in [1.165, 1.54) is 12.4 Å². The number of nitrogens with one attached hydrogen (secondary N) is 1. The number of H-pyrrole nitrogens is 1. The number of aromatic amines is 1. The number of halogens is 1. The van der Waals surface area contributed by atoms with Gasteiger partial charge >= 0.3 is 5.97 Å². The summed E-state index contributed by atoms with van der Waals surface area (Å²) in [5.74, 6) is -1.08. The predicted octanol–water partition coefficient (Wildman–Crippen LogP) is 1.04. The van der Waals surface area contributed by atoms with Crippen LogP contribution in [0.1, 0.15) is 10.4 Å². The van der Waals surface area contributed by atoms with Crippen molar-refractivity contribution in [2.45, 2.75) is 0 Å². The van der Waals surface area contributed by atoms with Crippen LogP contribution < -0.4 is 5.56 Å². The second-order valence-electron chi connectivity index (χ2n) is 2.74. The lowest BCUT2D eigenvalue weighted by Crippen LogP contribution is -2.11. The highest BCUT2D eigenvalue weighted by molar-refractivity contribution is 6.01. The van der Waals surface area contributed by atoms with Crippen LogP contribution in [0.2, 0.25) is 0 Å². The summed E-state index contributed by atoms with van der Waals surface area (Å²) < 4.78 is 0. The van der Waals surface area contributed by atoms with E-state index in [1.54, 1.807) is 12.1 Å². The molecule has 2 aromatic rings. The monoisotopic (exact) mass is 226 g/mol. The number of carbonyl (C=O) groups is 1. The molecule has 15 heavy (non-hydrogen) atoms. The van der Waals surface area contributed by atoms with Gasteiger partial charge in [-0.2, -0.15) is 0 Å². The van der Waals surface area contributed by atoms with Crippen LogP contribution >= 0.6 is 12.4 Å². The second-order valence-corrected chi connectivity index (χ2v) is 2.74. The molecule has 6 heteroatoms. The minimum atomic E-state index is -1.08. The molecule has 0 aliphatic carbocycles. The zero-order valence-corrected chi connectivity index (χ0v) is 8.25. The third-order valence-electron chi connectivity index (χ3n) is 1.89. The van der Waals surface area contributed by atoms with Crippen molar-refractivity contribution in [1.29, 1.82) is 0 Å². The number of carboxylic acids is 1. The molecule has 2 rings (SSSR count). The Balaban J connectivity index is 0.00000112. The number of rotatable bonds is 1. The highest BCUT2D eigenvalue weighted by Crippen LogP contribution is 2.11. The number of aromatic nitrogens is 2. The minimum absolute atomic E-state index is 0. The van der Waals surface area contributed by atoms with E-state index < -0.39 is 5.97 Å². The molecule has 0 radical (unpaired) electrons. The molecule has 0 saturated carbocycles. The number of aromatic carboxylic acids is 1. The Morgan fingerprint density at radius 1 is 1.47 bits per heavy atom. The Labute approximate surface area is 90.2 Å². The summed E-state index contributed by atoms with van der Waals surface area (Å²) in [4.78, 5) is 28.2. The third kappa shape index (κ3) is 1.82. The maximum absolute atomic E-state index is 11.2. The minimum Gasteiger partial charge on any atom is -0.478 e. The first-order valence-corrected chi connectivity index (χ1v) is 3.90. The molecule has 2 aromatic heterocycles. The summed E-state index contributed by atoms with van der Waals surface area (Å²) in [6.07, 6.45) is 2.62. The fourth-order valence-corrected chi connectivity index (χ4v) is 1.26. The normalized spacial score (nSPS) is 9.60. The molecule has 0 aliphatic rings. The summed E-state index contributed by atoms with van der Waals surface area (Å²) in [5.41, 5.74) is -0.189. The molecule has 0 atom stereocenters. The van der Waals surface area contributed by atoms with Crippen molar-refractivity contribution >= 4 is 29.3 Å². The van der Waals surface area contributed by atoms with Crippen LogP contribution in [0.15, 0.2) is 29.3 Å². The molecule has 0 saturated heterocycles. The van der Waals surface area contributed by atoms with Crippen LogP contribution in [0.3, 0.4) is 0 Å². The molecule has 0 spiro atoms. The van der Waals surface area contributed by atoms with Gasteiger partial charge in [0.25, 0.3) is 5.56 Å². The number of fused-ring (bicyclic) bond motifs is 1. The second kappa shape index (κ2) is 4.10. The zero-order chi connectivity index (χ0) is 10.1. The Morgan fingerprint density at radius 2 is 2.20 bits per heavy atom. The Hall–Kier alpha value is -1.88. The van der Waals surface area contributed by atoms with Gasteiger partial charge in [-0.1, -0.05) is 6.07 Å². The number of pyridine rings is 2. The van der Waals surface area contributed by atoms with Crippen LogP contribution in [0, 0.1) is 0 Å². The first-order chi connectivity index (χ1) is 6.70. The van der Waals surface area contributed by atoms with E-state index in [9.17, 15) is 9.59 Å². The molecule has 0 aliphatic heterocycles. The largest absolute Gasteiger partial charge is 0.478 e. The molecular formula is C9H7ClN2O3. The molecule has 0 fully saturated rings. The number of carboxylic acid groups (broad SMARTS) is 1. The fourth-order valence-electron chi connectivity index (χ4n) is 1.26. The maximum Gasteiger partial charge on any atom is 0.337 e. The molecular weight excluding hydrogens is 220 g/mol. The predicted molar refractivity (Wildman–Crippen MR) is 56.6 cm³/mol. The highest BCUT2D eigenvalue weighted by Gasteiger charge is 2.10. The van der Waals surface area contributed by atoms with Crippen molar-refractivity contribution in [3.8, 4) is 0 Å². The summed E-state index contributed by atoms with van der Waals surface area (Å²) in [6.45, 7) is 0. The molecule has 2 heterocycles. The topological polar surface area (TPSA) is 83.0 Å². The van der Waals surface area contributed by atoms with Crippen molar-refractivity contribution in [2.24, 2.45) is 0 Å². The molecule has 78 valence electrons. The third-order valence-corrected chi connectivity index (χ3v) is 1.89. The Kier molecular flexibility index (Phi) is 3.06. The lowest BCUT2D eigenvalue weighted by molar-refractivity contribution is 0.0698. The molecule has 5 nitrogen and oxygen atoms in total. The number of nitrogens with zero attached hydrogens (tertiary/aromatic N) is 1. The first kappa shape index (κ1) is 11.2. The lowest BCUT2D eigenvalue weighted by Gasteiger charge is -1.99. The van der Waals surface area contributed by atoms with Crippen LogP contribution in [-0.4, -0.2) is 21.0 Å².